The van der Waals surface area contributed by atoms with Crippen molar-refractivity contribution in [1.29, 1.82) is 0 Å². The fourth-order valence-electron chi connectivity index (χ4n) is 4.80. The minimum atomic E-state index is -1.32. The highest BCUT2D eigenvalue weighted by atomic mass is 19.1. The Kier molecular flexibility index (Phi) is 5.99. The summed E-state index contributed by atoms with van der Waals surface area (Å²) in [4.78, 5) is 18.0. The normalized spacial score (nSPS) is 15.7. The van der Waals surface area contributed by atoms with Gasteiger partial charge < -0.3 is 14.9 Å². The molecule has 0 aliphatic carbocycles. The highest BCUT2D eigenvalue weighted by Crippen LogP contribution is 2.30. The molecule has 10 nitrogen and oxygen atoms in total. The van der Waals surface area contributed by atoms with Crippen molar-refractivity contribution in [2.45, 2.75) is 26.0 Å². The van der Waals surface area contributed by atoms with Gasteiger partial charge in [0.25, 0.3) is 0 Å². The zero-order valence-corrected chi connectivity index (χ0v) is 21.2. The van der Waals surface area contributed by atoms with Crippen molar-refractivity contribution in [3.63, 3.8) is 0 Å². The molecule has 1 saturated heterocycles. The fourth-order valence-corrected chi connectivity index (χ4v) is 4.80. The van der Waals surface area contributed by atoms with Crippen molar-refractivity contribution < 1.29 is 9.50 Å². The van der Waals surface area contributed by atoms with Crippen molar-refractivity contribution >= 4 is 17.3 Å². The summed E-state index contributed by atoms with van der Waals surface area (Å²) in [5.41, 5.74) is 2.84. The van der Waals surface area contributed by atoms with Gasteiger partial charge in [-0.3, -0.25) is 4.68 Å². The van der Waals surface area contributed by atoms with Crippen molar-refractivity contribution in [2.75, 3.05) is 36.0 Å². The predicted octanol–water partition coefficient (Wildman–Crippen LogP) is 3.12. The average molecular weight is 514 g/mol. The summed E-state index contributed by atoms with van der Waals surface area (Å²) in [7, 11) is 0. The van der Waals surface area contributed by atoms with Gasteiger partial charge in [0.15, 0.2) is 5.82 Å². The van der Waals surface area contributed by atoms with Crippen LogP contribution >= 0.6 is 0 Å². The third-order valence-electron chi connectivity index (χ3n) is 7.14. The average Bonchev–Trinajstić information content (AvgIpc) is 3.61. The number of piperazine rings is 1. The maximum Gasteiger partial charge on any atom is 0.225 e. The number of hydrogen-bond acceptors (Lipinski definition) is 8. The first kappa shape index (κ1) is 24.0. The molecule has 6 rings (SSSR count). The van der Waals surface area contributed by atoms with Crippen molar-refractivity contribution in [3.05, 3.63) is 84.6 Å². The van der Waals surface area contributed by atoms with E-state index in [9.17, 15) is 9.50 Å². The van der Waals surface area contributed by atoms with Crippen LogP contribution in [-0.4, -0.2) is 65.6 Å². The number of hydrogen-bond donors (Lipinski definition) is 1. The highest BCUT2D eigenvalue weighted by molar-refractivity contribution is 5.77. The van der Waals surface area contributed by atoms with Crippen LogP contribution in [0.25, 0.3) is 16.6 Å². The van der Waals surface area contributed by atoms with Gasteiger partial charge in [-0.2, -0.15) is 10.2 Å². The van der Waals surface area contributed by atoms with Crippen molar-refractivity contribution in [3.8, 4) is 11.1 Å². The van der Waals surface area contributed by atoms with Crippen LogP contribution in [-0.2, 0) is 12.1 Å². The van der Waals surface area contributed by atoms with Gasteiger partial charge in [0.05, 0.1) is 6.20 Å². The molecule has 1 atom stereocenters. The number of aromatic nitrogens is 7. The Hall–Kier alpha value is -4.38. The van der Waals surface area contributed by atoms with Gasteiger partial charge in [-0.1, -0.05) is 12.1 Å². The first-order chi connectivity index (χ1) is 18.4. The zero-order chi connectivity index (χ0) is 26.3. The summed E-state index contributed by atoms with van der Waals surface area (Å²) in [5, 5.41) is 19.8. The Balaban J connectivity index is 1.16. The van der Waals surface area contributed by atoms with Gasteiger partial charge in [-0.25, -0.2) is 23.9 Å². The van der Waals surface area contributed by atoms with E-state index in [0.29, 0.717) is 17.1 Å². The number of aliphatic hydroxyl groups is 1. The predicted molar refractivity (Wildman–Crippen MR) is 141 cm³/mol. The summed E-state index contributed by atoms with van der Waals surface area (Å²) >= 11 is 0. The number of halogens is 1. The van der Waals surface area contributed by atoms with E-state index in [0.717, 1.165) is 55.2 Å². The Labute approximate surface area is 219 Å². The van der Waals surface area contributed by atoms with E-state index < -0.39 is 5.60 Å². The molecule has 1 aliphatic rings. The van der Waals surface area contributed by atoms with Gasteiger partial charge in [0.2, 0.25) is 5.95 Å². The molecule has 0 radical (unpaired) electrons. The molecule has 194 valence electrons. The molecule has 1 fully saturated rings. The van der Waals surface area contributed by atoms with Gasteiger partial charge in [0.1, 0.15) is 23.3 Å². The van der Waals surface area contributed by atoms with Crippen LogP contribution in [0, 0.1) is 5.82 Å². The molecule has 11 heteroatoms. The topological polar surface area (TPSA) is 100 Å². The van der Waals surface area contributed by atoms with Crippen LogP contribution in [0.15, 0.2) is 67.6 Å². The summed E-state index contributed by atoms with van der Waals surface area (Å²) < 4.78 is 17.1. The van der Waals surface area contributed by atoms with E-state index in [1.165, 1.54) is 12.1 Å². The Morgan fingerprint density at radius 1 is 0.868 bits per heavy atom. The third-order valence-corrected chi connectivity index (χ3v) is 7.14. The van der Waals surface area contributed by atoms with Crippen LogP contribution in [0.5, 0.6) is 0 Å². The van der Waals surface area contributed by atoms with E-state index in [2.05, 4.69) is 47.9 Å². The van der Waals surface area contributed by atoms with E-state index >= 15 is 0 Å². The monoisotopic (exact) mass is 513 g/mol. The van der Waals surface area contributed by atoms with Crippen LogP contribution < -0.4 is 9.80 Å². The molecule has 1 aromatic carbocycles. The van der Waals surface area contributed by atoms with Crippen LogP contribution in [0.4, 0.5) is 16.2 Å². The number of rotatable bonds is 6. The van der Waals surface area contributed by atoms with Crippen LogP contribution in [0.3, 0.4) is 0 Å². The fraction of sp³-hybridized carbons (Fsp3) is 0.296. The number of fused-ring (bicyclic) bond motifs is 1. The van der Waals surface area contributed by atoms with Crippen molar-refractivity contribution in [1.82, 2.24) is 34.3 Å². The van der Waals surface area contributed by atoms with Gasteiger partial charge in [-0.15, -0.1) is 0 Å². The second kappa shape index (κ2) is 9.49. The second-order valence-corrected chi connectivity index (χ2v) is 9.55. The number of aryl methyl sites for hydroxylation is 1. The lowest BCUT2D eigenvalue weighted by Crippen LogP contribution is -2.47. The molecule has 5 aromatic rings. The van der Waals surface area contributed by atoms with Crippen LogP contribution in [0.1, 0.15) is 25.0 Å². The lowest BCUT2D eigenvalue weighted by atomic mass is 9.90. The Morgan fingerprint density at radius 3 is 2.26 bits per heavy atom. The quantitative estimate of drug-likeness (QED) is 0.370. The molecule has 5 heterocycles. The van der Waals surface area contributed by atoms with Crippen molar-refractivity contribution in [2.24, 2.45) is 0 Å². The third kappa shape index (κ3) is 4.34. The first-order valence-corrected chi connectivity index (χ1v) is 12.6. The summed E-state index contributed by atoms with van der Waals surface area (Å²) in [6, 6.07) is 7.91. The molecular formula is C27H28FN9O. The molecule has 0 spiro atoms. The van der Waals surface area contributed by atoms with E-state index in [4.69, 9.17) is 0 Å². The number of nitrogens with zero attached hydrogens (tertiary/aromatic N) is 9. The van der Waals surface area contributed by atoms with E-state index in [1.54, 1.807) is 37.8 Å². The standard InChI is InChI=1S/C27H28FN9O/c1-3-36-16-20(13-32-36)19-12-24-25(31-18-33-37(24)17-19)34-8-10-35(11-9-34)26-29-14-22(15-30-26)27(2,38)21-4-6-23(28)7-5-21/h4-7,12-18,38H,3,8-11H2,1-2H3. The smallest absolute Gasteiger partial charge is 0.225 e. The lowest BCUT2D eigenvalue weighted by molar-refractivity contribution is 0.101. The summed E-state index contributed by atoms with van der Waals surface area (Å²) in [6.45, 7) is 7.48. The van der Waals surface area contributed by atoms with Gasteiger partial charge >= 0.3 is 0 Å². The minimum absolute atomic E-state index is 0.348. The van der Waals surface area contributed by atoms with Crippen LogP contribution in [0.2, 0.25) is 0 Å². The largest absolute Gasteiger partial charge is 0.381 e. The second-order valence-electron chi connectivity index (χ2n) is 9.55. The SMILES string of the molecule is CCn1cc(-c2cc3c(N4CCN(c5ncc(C(C)(O)c6ccc(F)cc6)cn5)CC4)ncnn3c2)cn1. The summed E-state index contributed by atoms with van der Waals surface area (Å²) in [6.07, 6.45) is 10.8. The highest BCUT2D eigenvalue weighted by Gasteiger charge is 2.28. The summed E-state index contributed by atoms with van der Waals surface area (Å²) in [5.74, 6) is 1.15. The molecule has 1 aliphatic heterocycles. The first-order valence-electron chi connectivity index (χ1n) is 12.6. The van der Waals surface area contributed by atoms with Gasteiger partial charge in [-0.05, 0) is 37.6 Å². The molecular weight excluding hydrogens is 485 g/mol. The maximum absolute atomic E-state index is 13.3. The molecule has 38 heavy (non-hydrogen) atoms. The molecule has 0 bridgehead atoms. The lowest BCUT2D eigenvalue weighted by Gasteiger charge is -2.35. The minimum Gasteiger partial charge on any atom is -0.381 e. The molecule has 1 unspecified atom stereocenters. The van der Waals surface area contributed by atoms with Gasteiger partial charge in [0, 0.05) is 74.2 Å². The zero-order valence-electron chi connectivity index (χ0n) is 21.2. The number of benzene rings is 1. The molecule has 1 N–H and O–H groups in total. The Morgan fingerprint density at radius 2 is 1.58 bits per heavy atom. The molecule has 0 amide bonds. The number of anilines is 2. The molecule has 4 aromatic heterocycles. The van der Waals surface area contributed by atoms with E-state index in [1.807, 2.05) is 27.8 Å². The maximum atomic E-state index is 13.3. The Bertz CT molecular complexity index is 1550. The molecule has 0 saturated carbocycles. The van der Waals surface area contributed by atoms with E-state index in [-0.39, 0.29) is 5.82 Å².